The van der Waals surface area contributed by atoms with Gasteiger partial charge in [0.25, 0.3) is 0 Å². The van der Waals surface area contributed by atoms with Crippen molar-refractivity contribution in [1.29, 1.82) is 0 Å². The Hall–Kier alpha value is -1.95. The van der Waals surface area contributed by atoms with Gasteiger partial charge in [0.15, 0.2) is 5.75 Å². The Kier molecular flexibility index (Phi) is 4.61. The number of hydrogen-bond acceptors (Lipinski definition) is 4. The number of carbonyl (C=O) groups excluding carboxylic acids is 1. The molecule has 0 amide bonds. The first kappa shape index (κ1) is 15.9. The molecule has 0 N–H and O–H groups in total. The molecule has 0 radical (unpaired) electrons. The molecule has 118 valence electrons. The zero-order valence-electron chi connectivity index (χ0n) is 11.5. The van der Waals surface area contributed by atoms with E-state index in [0.29, 0.717) is 17.3 Å². The fourth-order valence-corrected chi connectivity index (χ4v) is 2.79. The van der Waals surface area contributed by atoms with Crippen molar-refractivity contribution < 1.29 is 13.9 Å². The maximum atomic E-state index is 12.1. The van der Waals surface area contributed by atoms with Crippen molar-refractivity contribution in [3.63, 3.8) is 0 Å². The summed E-state index contributed by atoms with van der Waals surface area (Å²) >= 11 is 17.8. The van der Waals surface area contributed by atoms with E-state index in [4.69, 9.17) is 44.0 Å². The number of ether oxygens (including phenoxy) is 1. The van der Waals surface area contributed by atoms with Gasteiger partial charge in [-0.15, -0.1) is 0 Å². The van der Waals surface area contributed by atoms with Crippen LogP contribution in [0.3, 0.4) is 0 Å². The van der Waals surface area contributed by atoms with Crippen LogP contribution >= 0.6 is 34.8 Å². The van der Waals surface area contributed by atoms with Crippen molar-refractivity contribution in [2.45, 2.75) is 6.54 Å². The molecule has 23 heavy (non-hydrogen) atoms. The quantitative estimate of drug-likeness (QED) is 0.492. The molecule has 0 aliphatic heterocycles. The lowest BCUT2D eigenvalue weighted by atomic mass is 10.3. The second kappa shape index (κ2) is 6.66. The highest BCUT2D eigenvalue weighted by molar-refractivity contribution is 6.40. The number of hydrogen-bond donors (Lipinski definition) is 0. The third-order valence-corrected chi connectivity index (χ3v) is 3.68. The second-order valence-corrected chi connectivity index (χ2v) is 5.81. The van der Waals surface area contributed by atoms with Gasteiger partial charge in [-0.2, -0.15) is 5.10 Å². The molecule has 3 rings (SSSR count). The first-order valence-corrected chi connectivity index (χ1v) is 7.59. The Bertz CT molecular complexity index is 821. The summed E-state index contributed by atoms with van der Waals surface area (Å²) in [4.78, 5) is 12.1. The van der Waals surface area contributed by atoms with E-state index in [-0.39, 0.29) is 21.6 Å². The SMILES string of the molecule is O=C(Oc1c(Cl)cc(Cl)cc1Cl)c1ccc(Cn2cccn2)o1. The average Bonchev–Trinajstić information content (AvgIpc) is 3.15. The molecular weight excluding hydrogens is 363 g/mol. The number of aromatic nitrogens is 2. The predicted octanol–water partition coefficient (Wildman–Crippen LogP) is 4.70. The molecule has 0 unspecified atom stereocenters. The first-order valence-electron chi connectivity index (χ1n) is 6.46. The Morgan fingerprint density at radius 2 is 1.96 bits per heavy atom. The minimum absolute atomic E-state index is 0.0350. The lowest BCUT2D eigenvalue weighted by molar-refractivity contribution is 0.0699. The van der Waals surface area contributed by atoms with Gasteiger partial charge in [-0.3, -0.25) is 4.68 Å². The van der Waals surface area contributed by atoms with Crippen molar-refractivity contribution in [2.24, 2.45) is 0 Å². The molecule has 0 spiro atoms. The highest BCUT2D eigenvalue weighted by atomic mass is 35.5. The fraction of sp³-hybridized carbons (Fsp3) is 0.0667. The van der Waals surface area contributed by atoms with Crippen LogP contribution in [-0.2, 0) is 6.54 Å². The van der Waals surface area contributed by atoms with E-state index in [9.17, 15) is 4.79 Å². The summed E-state index contributed by atoms with van der Waals surface area (Å²) in [6.07, 6.45) is 3.44. The minimum Gasteiger partial charge on any atom is -0.452 e. The van der Waals surface area contributed by atoms with Crippen LogP contribution in [0.1, 0.15) is 16.3 Å². The van der Waals surface area contributed by atoms with Crippen LogP contribution in [0, 0.1) is 0 Å². The summed E-state index contributed by atoms with van der Waals surface area (Å²) in [6.45, 7) is 0.405. The topological polar surface area (TPSA) is 57.3 Å². The van der Waals surface area contributed by atoms with Crippen molar-refractivity contribution in [3.05, 3.63) is 69.3 Å². The summed E-state index contributed by atoms with van der Waals surface area (Å²) in [5.41, 5.74) is 0. The highest BCUT2D eigenvalue weighted by Gasteiger charge is 2.18. The van der Waals surface area contributed by atoms with Gasteiger partial charge >= 0.3 is 5.97 Å². The zero-order chi connectivity index (χ0) is 16.4. The molecule has 0 saturated carbocycles. The van der Waals surface area contributed by atoms with Gasteiger partial charge in [0, 0.05) is 17.4 Å². The molecule has 5 nitrogen and oxygen atoms in total. The number of rotatable bonds is 4. The Morgan fingerprint density at radius 1 is 1.22 bits per heavy atom. The van der Waals surface area contributed by atoms with Crippen molar-refractivity contribution in [3.8, 4) is 5.75 Å². The van der Waals surface area contributed by atoms with Crippen LogP contribution in [0.25, 0.3) is 0 Å². The average molecular weight is 372 g/mol. The van der Waals surface area contributed by atoms with E-state index in [1.165, 1.54) is 18.2 Å². The highest BCUT2D eigenvalue weighted by Crippen LogP contribution is 2.36. The van der Waals surface area contributed by atoms with Crippen molar-refractivity contribution in [1.82, 2.24) is 9.78 Å². The maximum Gasteiger partial charge on any atom is 0.379 e. The van der Waals surface area contributed by atoms with Gasteiger partial charge in [-0.1, -0.05) is 34.8 Å². The zero-order valence-corrected chi connectivity index (χ0v) is 13.8. The van der Waals surface area contributed by atoms with Crippen LogP contribution in [-0.4, -0.2) is 15.7 Å². The molecule has 0 bridgehead atoms. The van der Waals surface area contributed by atoms with Crippen LogP contribution in [0.2, 0.25) is 15.1 Å². The number of carbonyl (C=O) groups is 1. The third kappa shape index (κ3) is 3.69. The summed E-state index contributed by atoms with van der Waals surface area (Å²) in [5, 5.41) is 4.68. The largest absolute Gasteiger partial charge is 0.452 e. The first-order chi connectivity index (χ1) is 11.0. The third-order valence-electron chi connectivity index (χ3n) is 2.90. The van der Waals surface area contributed by atoms with Crippen LogP contribution in [0.5, 0.6) is 5.75 Å². The van der Waals surface area contributed by atoms with Crippen molar-refractivity contribution >= 4 is 40.8 Å². The van der Waals surface area contributed by atoms with Gasteiger partial charge in [-0.25, -0.2) is 4.79 Å². The molecule has 8 heteroatoms. The van der Waals surface area contributed by atoms with E-state index in [2.05, 4.69) is 5.10 Å². The van der Waals surface area contributed by atoms with Gasteiger partial charge in [-0.05, 0) is 30.3 Å². The lowest BCUT2D eigenvalue weighted by Crippen LogP contribution is -2.08. The number of esters is 1. The number of benzene rings is 1. The second-order valence-electron chi connectivity index (χ2n) is 4.56. The smallest absolute Gasteiger partial charge is 0.379 e. The van der Waals surface area contributed by atoms with Gasteiger partial charge in [0.2, 0.25) is 5.76 Å². The number of nitrogens with zero attached hydrogens (tertiary/aromatic N) is 2. The van der Waals surface area contributed by atoms with Gasteiger partial charge in [0.1, 0.15) is 5.76 Å². The molecule has 0 aliphatic carbocycles. The molecule has 1 aromatic carbocycles. The monoisotopic (exact) mass is 370 g/mol. The number of furan rings is 1. The Labute approximate surface area is 146 Å². The van der Waals surface area contributed by atoms with Gasteiger partial charge in [0.05, 0.1) is 16.6 Å². The lowest BCUT2D eigenvalue weighted by Gasteiger charge is -2.07. The molecule has 2 aromatic heterocycles. The molecule has 0 saturated heterocycles. The normalized spacial score (nSPS) is 10.7. The molecule has 0 fully saturated rings. The number of halogens is 3. The maximum absolute atomic E-state index is 12.1. The summed E-state index contributed by atoms with van der Waals surface area (Å²) in [5.74, 6) is -0.0706. The Balaban J connectivity index is 1.75. The van der Waals surface area contributed by atoms with E-state index >= 15 is 0 Å². The van der Waals surface area contributed by atoms with E-state index in [1.807, 2.05) is 0 Å². The predicted molar refractivity (Wildman–Crippen MR) is 86.5 cm³/mol. The van der Waals surface area contributed by atoms with E-state index in [0.717, 1.165) is 0 Å². The van der Waals surface area contributed by atoms with E-state index in [1.54, 1.807) is 29.2 Å². The summed E-state index contributed by atoms with van der Waals surface area (Å²) in [6, 6.07) is 7.84. The standard InChI is InChI=1S/C15H9Cl3N2O3/c16-9-6-11(17)14(12(18)7-9)23-15(21)13-3-2-10(22-13)8-20-5-1-4-19-20/h1-7H,8H2. The van der Waals surface area contributed by atoms with Gasteiger partial charge < -0.3 is 9.15 Å². The molecule has 0 aliphatic rings. The molecule has 3 aromatic rings. The van der Waals surface area contributed by atoms with Crippen LogP contribution in [0.4, 0.5) is 0 Å². The van der Waals surface area contributed by atoms with Crippen LogP contribution in [0.15, 0.2) is 47.1 Å². The summed E-state index contributed by atoms with van der Waals surface area (Å²) in [7, 11) is 0. The summed E-state index contributed by atoms with van der Waals surface area (Å²) < 4.78 is 12.3. The molecule has 0 atom stereocenters. The minimum atomic E-state index is -0.706. The molecule has 2 heterocycles. The Morgan fingerprint density at radius 3 is 2.61 bits per heavy atom. The van der Waals surface area contributed by atoms with Crippen molar-refractivity contribution in [2.75, 3.05) is 0 Å². The van der Waals surface area contributed by atoms with Crippen LogP contribution < -0.4 is 4.74 Å². The van der Waals surface area contributed by atoms with E-state index < -0.39 is 5.97 Å². The molecular formula is C15H9Cl3N2O3. The fourth-order valence-electron chi connectivity index (χ4n) is 1.90.